The van der Waals surface area contributed by atoms with Gasteiger partial charge < -0.3 is 14.6 Å². The number of aryl methyl sites for hydroxylation is 2. The van der Waals surface area contributed by atoms with Gasteiger partial charge in [-0.2, -0.15) is 15.5 Å². The molecule has 0 saturated carbocycles. The number of nitriles is 2. The summed E-state index contributed by atoms with van der Waals surface area (Å²) < 4.78 is 8.20. The highest BCUT2D eigenvalue weighted by molar-refractivity contribution is 5.83. The van der Waals surface area contributed by atoms with Crippen molar-refractivity contribution >= 4 is 22.7 Å². The number of pyridine rings is 1. The van der Waals surface area contributed by atoms with Crippen LogP contribution < -0.4 is 10.1 Å². The molecule has 35 heavy (non-hydrogen) atoms. The maximum atomic E-state index is 9.41. The number of hydrogen-bond acceptors (Lipinski definition) is 7. The van der Waals surface area contributed by atoms with Crippen molar-refractivity contribution in [2.75, 3.05) is 5.32 Å². The summed E-state index contributed by atoms with van der Waals surface area (Å²) in [6.45, 7) is 1.95. The van der Waals surface area contributed by atoms with E-state index in [1.807, 2.05) is 55.1 Å². The van der Waals surface area contributed by atoms with E-state index in [0.717, 1.165) is 33.4 Å². The first kappa shape index (κ1) is 21.6. The fourth-order valence-corrected chi connectivity index (χ4v) is 3.81. The number of aromatic nitrogens is 4. The molecule has 0 aliphatic heterocycles. The lowest BCUT2D eigenvalue weighted by Gasteiger charge is -2.13. The predicted molar refractivity (Wildman–Crippen MR) is 132 cm³/mol. The number of hydrogen-bond donors (Lipinski definition) is 1. The number of nitrogens with one attached hydrogen (secondary N) is 1. The van der Waals surface area contributed by atoms with Crippen molar-refractivity contribution in [3.05, 3.63) is 89.9 Å². The number of benzene rings is 2. The van der Waals surface area contributed by atoms with Crippen LogP contribution in [0.5, 0.6) is 11.6 Å². The summed E-state index contributed by atoms with van der Waals surface area (Å²) in [4.78, 5) is 13.3. The Morgan fingerprint density at radius 1 is 0.971 bits per heavy atom. The van der Waals surface area contributed by atoms with Crippen molar-refractivity contribution < 1.29 is 4.74 Å². The van der Waals surface area contributed by atoms with Gasteiger partial charge in [-0.05, 0) is 66.6 Å². The second-order valence-electron chi connectivity index (χ2n) is 7.94. The number of rotatable bonds is 5. The summed E-state index contributed by atoms with van der Waals surface area (Å²) in [6, 6.07) is 20.8. The summed E-state index contributed by atoms with van der Waals surface area (Å²) in [6.07, 6.45) is 5.14. The number of fused-ring (bicyclic) bond motifs is 1. The zero-order valence-corrected chi connectivity index (χ0v) is 19.0. The van der Waals surface area contributed by atoms with Gasteiger partial charge in [0.25, 0.3) is 0 Å². The van der Waals surface area contributed by atoms with E-state index in [1.54, 1.807) is 36.7 Å². The Morgan fingerprint density at radius 3 is 2.54 bits per heavy atom. The minimum atomic E-state index is 0.383. The Kier molecular flexibility index (Phi) is 5.54. The van der Waals surface area contributed by atoms with E-state index in [-0.39, 0.29) is 0 Å². The molecule has 8 nitrogen and oxygen atoms in total. The van der Waals surface area contributed by atoms with E-state index < -0.39 is 0 Å². The molecule has 0 saturated heterocycles. The maximum absolute atomic E-state index is 9.41. The van der Waals surface area contributed by atoms with Crippen LogP contribution in [0.1, 0.15) is 16.7 Å². The highest BCUT2D eigenvalue weighted by Gasteiger charge is 2.15. The third kappa shape index (κ3) is 4.24. The molecular weight excluding hydrogens is 438 g/mol. The minimum absolute atomic E-state index is 0.383. The average molecular weight is 457 g/mol. The van der Waals surface area contributed by atoms with E-state index in [9.17, 15) is 5.26 Å². The van der Waals surface area contributed by atoms with Crippen LogP contribution in [-0.2, 0) is 7.05 Å². The van der Waals surface area contributed by atoms with Crippen molar-refractivity contribution in [2.45, 2.75) is 6.92 Å². The third-order valence-electron chi connectivity index (χ3n) is 5.59. The second kappa shape index (κ2) is 8.97. The number of nitrogens with zero attached hydrogens (tertiary/aromatic N) is 6. The Labute approximate surface area is 201 Å². The van der Waals surface area contributed by atoms with Crippen molar-refractivity contribution in [1.29, 1.82) is 10.5 Å². The van der Waals surface area contributed by atoms with Gasteiger partial charge in [0.2, 0.25) is 11.8 Å². The van der Waals surface area contributed by atoms with Gasteiger partial charge in [-0.15, -0.1) is 0 Å². The van der Waals surface area contributed by atoms with Gasteiger partial charge in [0.1, 0.15) is 17.3 Å². The van der Waals surface area contributed by atoms with Crippen molar-refractivity contribution in [1.82, 2.24) is 19.5 Å². The maximum Gasteiger partial charge on any atom is 0.249 e. The molecule has 0 amide bonds. The molecular formula is C27H19N7O. The van der Waals surface area contributed by atoms with Crippen LogP contribution in [0.3, 0.4) is 0 Å². The smallest absolute Gasteiger partial charge is 0.249 e. The second-order valence-corrected chi connectivity index (χ2v) is 7.94. The molecule has 0 aliphatic carbocycles. The van der Waals surface area contributed by atoms with Gasteiger partial charge >= 0.3 is 0 Å². The monoisotopic (exact) mass is 457 g/mol. The topological polar surface area (TPSA) is 112 Å². The fraction of sp³-hybridized carbons (Fsp3) is 0.0741. The first-order valence-electron chi connectivity index (χ1n) is 10.8. The van der Waals surface area contributed by atoms with E-state index >= 15 is 0 Å². The van der Waals surface area contributed by atoms with Crippen LogP contribution in [-0.4, -0.2) is 19.5 Å². The van der Waals surface area contributed by atoms with Gasteiger partial charge in [-0.1, -0.05) is 6.07 Å². The highest BCUT2D eigenvalue weighted by atomic mass is 16.5. The molecule has 5 rings (SSSR count). The summed E-state index contributed by atoms with van der Waals surface area (Å²) in [5.41, 5.74) is 5.97. The largest absolute Gasteiger partial charge is 0.437 e. The summed E-state index contributed by atoms with van der Waals surface area (Å²) >= 11 is 0. The molecule has 3 aromatic heterocycles. The van der Waals surface area contributed by atoms with Crippen LogP contribution in [0.2, 0.25) is 0 Å². The highest BCUT2D eigenvalue weighted by Crippen LogP contribution is 2.34. The molecule has 2 aromatic carbocycles. The van der Waals surface area contributed by atoms with E-state index in [1.165, 1.54) is 0 Å². The average Bonchev–Trinajstić information content (AvgIpc) is 3.26. The van der Waals surface area contributed by atoms with Crippen LogP contribution in [0.15, 0.2) is 73.2 Å². The molecule has 168 valence electrons. The molecule has 0 spiro atoms. The SMILES string of the molecule is Cc1cc(-c2ccncc2C#N)ccc1Oc1nc(Nc2ccc(C#N)cc2)nc2ccn(C)c12. The summed E-state index contributed by atoms with van der Waals surface area (Å²) in [7, 11) is 1.91. The first-order chi connectivity index (χ1) is 17.1. The molecule has 5 aromatic rings. The molecule has 0 atom stereocenters. The van der Waals surface area contributed by atoms with Gasteiger partial charge in [-0.3, -0.25) is 4.98 Å². The van der Waals surface area contributed by atoms with Crippen molar-refractivity contribution in [3.8, 4) is 34.9 Å². The molecule has 1 N–H and O–H groups in total. The lowest BCUT2D eigenvalue weighted by Crippen LogP contribution is -2.02. The minimum Gasteiger partial charge on any atom is -0.437 e. The number of anilines is 2. The molecule has 3 heterocycles. The Balaban J connectivity index is 1.50. The molecule has 8 heteroatoms. The number of ether oxygens (including phenoxy) is 1. The van der Waals surface area contributed by atoms with E-state index in [0.29, 0.717) is 28.7 Å². The summed E-state index contributed by atoms with van der Waals surface area (Å²) in [5, 5.41) is 21.6. The van der Waals surface area contributed by atoms with Crippen LogP contribution in [0, 0.1) is 29.6 Å². The molecule has 0 unspecified atom stereocenters. The van der Waals surface area contributed by atoms with Crippen LogP contribution >= 0.6 is 0 Å². The lowest BCUT2D eigenvalue weighted by atomic mass is 10.0. The zero-order valence-electron chi connectivity index (χ0n) is 19.0. The third-order valence-corrected chi connectivity index (χ3v) is 5.59. The van der Waals surface area contributed by atoms with Crippen LogP contribution in [0.25, 0.3) is 22.2 Å². The zero-order chi connectivity index (χ0) is 24.4. The van der Waals surface area contributed by atoms with E-state index in [2.05, 4.69) is 32.4 Å². The lowest BCUT2D eigenvalue weighted by molar-refractivity contribution is 0.463. The Morgan fingerprint density at radius 2 is 1.80 bits per heavy atom. The van der Waals surface area contributed by atoms with Gasteiger partial charge in [-0.25, -0.2) is 4.98 Å². The van der Waals surface area contributed by atoms with Gasteiger partial charge in [0, 0.05) is 36.9 Å². The van der Waals surface area contributed by atoms with Gasteiger partial charge in [0.05, 0.1) is 22.7 Å². The van der Waals surface area contributed by atoms with Crippen molar-refractivity contribution in [2.24, 2.45) is 7.05 Å². The molecule has 0 fully saturated rings. The van der Waals surface area contributed by atoms with Crippen LogP contribution in [0.4, 0.5) is 11.6 Å². The Hall–Kier alpha value is -5.21. The fourth-order valence-electron chi connectivity index (χ4n) is 3.81. The predicted octanol–water partition coefficient (Wildman–Crippen LogP) is 5.62. The molecule has 0 aliphatic rings. The van der Waals surface area contributed by atoms with Crippen molar-refractivity contribution in [3.63, 3.8) is 0 Å². The quantitative estimate of drug-likeness (QED) is 0.364. The van der Waals surface area contributed by atoms with E-state index in [4.69, 9.17) is 10.00 Å². The molecule has 0 bridgehead atoms. The molecule has 0 radical (unpaired) electrons. The Bertz CT molecular complexity index is 1640. The normalized spacial score (nSPS) is 10.5. The first-order valence-corrected chi connectivity index (χ1v) is 10.8. The van der Waals surface area contributed by atoms with Gasteiger partial charge in [0.15, 0.2) is 0 Å². The summed E-state index contributed by atoms with van der Waals surface area (Å²) in [5.74, 6) is 1.44. The standard InChI is InChI=1S/C27H19N7O/c1-17-13-19(22-9-11-30-16-20(22)15-29)5-8-24(17)35-26-25-23(10-12-34(25)2)32-27(33-26)31-21-6-3-18(14-28)4-7-21/h3-13,16H,1-2H3,(H,31,32,33).